The summed E-state index contributed by atoms with van der Waals surface area (Å²) in [5.74, 6) is -0.281. The standard InChI is InChI=1S/C22H22N2O4S2/c25-22(23-21(19-11-5-13-28-19)16-7-2-1-3-8-16)17-9-4-10-18(15-17)24-30(26,27)20-12-6-14-29-20/h1-4,6-10,12,14-15,19,21,24H,5,11,13H2,(H,23,25)/t19-,21-/m0/s1. The normalized spacial score (nSPS) is 17.4. The Labute approximate surface area is 180 Å². The van der Waals surface area contributed by atoms with Gasteiger partial charge in [-0.25, -0.2) is 8.42 Å². The molecule has 6 nitrogen and oxygen atoms in total. The van der Waals surface area contributed by atoms with E-state index in [1.165, 1.54) is 12.1 Å². The molecule has 8 heteroatoms. The quantitative estimate of drug-likeness (QED) is 0.574. The third-order valence-electron chi connectivity index (χ3n) is 4.92. The van der Waals surface area contributed by atoms with Crippen LogP contribution in [-0.2, 0) is 14.8 Å². The first-order valence-corrected chi connectivity index (χ1v) is 12.0. The van der Waals surface area contributed by atoms with Crippen LogP contribution in [-0.4, -0.2) is 27.0 Å². The van der Waals surface area contributed by atoms with Gasteiger partial charge in [0.15, 0.2) is 0 Å². The molecule has 0 unspecified atom stereocenters. The Morgan fingerprint density at radius 1 is 1.07 bits per heavy atom. The fraction of sp³-hybridized carbons (Fsp3) is 0.227. The Hall–Kier alpha value is -2.68. The van der Waals surface area contributed by atoms with Gasteiger partial charge in [0.1, 0.15) is 4.21 Å². The van der Waals surface area contributed by atoms with Gasteiger partial charge in [-0.1, -0.05) is 42.5 Å². The fourth-order valence-corrected chi connectivity index (χ4v) is 5.53. The molecule has 156 valence electrons. The molecule has 1 aliphatic heterocycles. The van der Waals surface area contributed by atoms with E-state index in [0.717, 1.165) is 29.7 Å². The summed E-state index contributed by atoms with van der Waals surface area (Å²) >= 11 is 1.14. The maximum atomic E-state index is 13.0. The lowest BCUT2D eigenvalue weighted by atomic mass is 9.99. The smallest absolute Gasteiger partial charge is 0.271 e. The molecule has 0 bridgehead atoms. The summed E-state index contributed by atoms with van der Waals surface area (Å²) in [5, 5.41) is 4.77. The van der Waals surface area contributed by atoms with Crippen molar-refractivity contribution < 1.29 is 17.9 Å². The molecular weight excluding hydrogens is 420 g/mol. The minimum Gasteiger partial charge on any atom is -0.376 e. The summed E-state index contributed by atoms with van der Waals surface area (Å²) in [6.45, 7) is 0.684. The molecule has 2 N–H and O–H groups in total. The number of thiophene rings is 1. The second-order valence-corrected chi connectivity index (χ2v) is 9.89. The van der Waals surface area contributed by atoms with E-state index in [4.69, 9.17) is 4.74 Å². The van der Waals surface area contributed by atoms with Crippen LogP contribution in [0.15, 0.2) is 76.3 Å². The Morgan fingerprint density at radius 2 is 1.90 bits per heavy atom. The van der Waals surface area contributed by atoms with Gasteiger partial charge in [-0.15, -0.1) is 11.3 Å². The number of hydrogen-bond donors (Lipinski definition) is 2. The highest BCUT2D eigenvalue weighted by Gasteiger charge is 2.29. The molecule has 0 radical (unpaired) electrons. The monoisotopic (exact) mass is 442 g/mol. The van der Waals surface area contributed by atoms with E-state index in [-0.39, 0.29) is 22.3 Å². The number of amides is 1. The summed E-state index contributed by atoms with van der Waals surface area (Å²) in [7, 11) is -3.67. The van der Waals surface area contributed by atoms with Gasteiger partial charge < -0.3 is 10.1 Å². The minimum atomic E-state index is -3.67. The van der Waals surface area contributed by atoms with Gasteiger partial charge in [-0.05, 0) is 48.1 Å². The Kier molecular flexibility index (Phi) is 6.17. The van der Waals surface area contributed by atoms with Crippen LogP contribution in [0.3, 0.4) is 0 Å². The number of nitrogens with one attached hydrogen (secondary N) is 2. The zero-order valence-electron chi connectivity index (χ0n) is 16.2. The van der Waals surface area contributed by atoms with Crippen molar-refractivity contribution in [2.24, 2.45) is 0 Å². The Balaban J connectivity index is 1.53. The van der Waals surface area contributed by atoms with Gasteiger partial charge in [-0.2, -0.15) is 0 Å². The van der Waals surface area contributed by atoms with E-state index in [1.54, 1.807) is 29.6 Å². The van der Waals surface area contributed by atoms with Crippen LogP contribution in [0.25, 0.3) is 0 Å². The van der Waals surface area contributed by atoms with Crippen molar-refractivity contribution in [3.05, 3.63) is 83.2 Å². The third kappa shape index (κ3) is 4.72. The zero-order chi connectivity index (χ0) is 21.0. The molecular formula is C22H22N2O4S2. The average molecular weight is 443 g/mol. The number of carbonyl (C=O) groups is 1. The van der Waals surface area contributed by atoms with E-state index < -0.39 is 10.0 Å². The summed E-state index contributed by atoms with van der Waals surface area (Å²) in [6, 6.07) is 19.2. The highest BCUT2D eigenvalue weighted by atomic mass is 32.2. The SMILES string of the molecule is O=C(N[C@@H](c1ccccc1)[C@@H]1CCCO1)c1cccc(NS(=O)(=O)c2cccs2)c1. The molecule has 1 saturated heterocycles. The van der Waals surface area contributed by atoms with Crippen molar-refractivity contribution in [3.8, 4) is 0 Å². The first-order chi connectivity index (χ1) is 14.5. The lowest BCUT2D eigenvalue weighted by Gasteiger charge is -2.25. The highest BCUT2D eigenvalue weighted by Crippen LogP contribution is 2.27. The summed E-state index contributed by atoms with van der Waals surface area (Å²) in [6.07, 6.45) is 1.75. The second kappa shape index (κ2) is 8.99. The average Bonchev–Trinajstić information content (AvgIpc) is 3.47. The Bertz CT molecular complexity index is 1090. The van der Waals surface area contributed by atoms with Gasteiger partial charge >= 0.3 is 0 Å². The number of anilines is 1. The molecule has 1 aliphatic rings. The van der Waals surface area contributed by atoms with Crippen molar-refractivity contribution in [1.82, 2.24) is 5.32 Å². The van der Waals surface area contributed by atoms with E-state index in [1.807, 2.05) is 30.3 Å². The molecule has 0 aliphatic carbocycles. The number of benzene rings is 2. The number of hydrogen-bond acceptors (Lipinski definition) is 5. The zero-order valence-corrected chi connectivity index (χ0v) is 17.8. The molecule has 0 saturated carbocycles. The largest absolute Gasteiger partial charge is 0.376 e. The molecule has 30 heavy (non-hydrogen) atoms. The molecule has 3 aromatic rings. The van der Waals surface area contributed by atoms with Crippen molar-refractivity contribution in [3.63, 3.8) is 0 Å². The minimum absolute atomic E-state index is 0.0862. The van der Waals surface area contributed by atoms with Crippen molar-refractivity contribution in [2.45, 2.75) is 29.2 Å². The lowest BCUT2D eigenvalue weighted by molar-refractivity contribution is 0.0672. The van der Waals surface area contributed by atoms with E-state index in [0.29, 0.717) is 17.9 Å². The van der Waals surface area contributed by atoms with Gasteiger partial charge in [0, 0.05) is 17.9 Å². The van der Waals surface area contributed by atoms with E-state index in [2.05, 4.69) is 10.0 Å². The van der Waals surface area contributed by atoms with Gasteiger partial charge in [-0.3, -0.25) is 9.52 Å². The molecule has 1 aromatic heterocycles. The Morgan fingerprint density at radius 3 is 2.60 bits per heavy atom. The maximum absolute atomic E-state index is 13.0. The van der Waals surface area contributed by atoms with Crippen LogP contribution < -0.4 is 10.0 Å². The van der Waals surface area contributed by atoms with Gasteiger partial charge in [0.25, 0.3) is 15.9 Å². The molecule has 2 heterocycles. The van der Waals surface area contributed by atoms with Crippen LogP contribution in [0.2, 0.25) is 0 Å². The molecule has 2 atom stereocenters. The highest BCUT2D eigenvalue weighted by molar-refractivity contribution is 7.94. The maximum Gasteiger partial charge on any atom is 0.271 e. The predicted octanol–water partition coefficient (Wildman–Crippen LogP) is 4.20. The van der Waals surface area contributed by atoms with Crippen LogP contribution >= 0.6 is 11.3 Å². The van der Waals surface area contributed by atoms with E-state index >= 15 is 0 Å². The summed E-state index contributed by atoms with van der Waals surface area (Å²) in [4.78, 5) is 13.0. The molecule has 0 spiro atoms. The van der Waals surface area contributed by atoms with Gasteiger partial charge in [0.05, 0.1) is 12.1 Å². The van der Waals surface area contributed by atoms with Crippen molar-refractivity contribution >= 4 is 33.0 Å². The molecule has 2 aromatic carbocycles. The number of sulfonamides is 1. The van der Waals surface area contributed by atoms with Crippen molar-refractivity contribution in [1.29, 1.82) is 0 Å². The third-order valence-corrected chi connectivity index (χ3v) is 7.70. The molecule has 1 fully saturated rings. The van der Waals surface area contributed by atoms with E-state index in [9.17, 15) is 13.2 Å². The summed E-state index contributed by atoms with van der Waals surface area (Å²) in [5.41, 5.74) is 1.69. The summed E-state index contributed by atoms with van der Waals surface area (Å²) < 4.78 is 33.5. The van der Waals surface area contributed by atoms with Crippen molar-refractivity contribution in [2.75, 3.05) is 11.3 Å². The van der Waals surface area contributed by atoms with Gasteiger partial charge in [0.2, 0.25) is 0 Å². The number of ether oxygens (including phenoxy) is 1. The lowest BCUT2D eigenvalue weighted by Crippen LogP contribution is -2.36. The van der Waals surface area contributed by atoms with Crippen LogP contribution in [0.1, 0.15) is 34.8 Å². The second-order valence-electron chi connectivity index (χ2n) is 7.03. The number of rotatable bonds is 7. The van der Waals surface area contributed by atoms with Crippen LogP contribution in [0.5, 0.6) is 0 Å². The predicted molar refractivity (Wildman–Crippen MR) is 117 cm³/mol. The first kappa shape index (κ1) is 20.6. The fourth-order valence-electron chi connectivity index (χ4n) is 3.49. The molecule has 1 amide bonds. The number of carbonyl (C=O) groups excluding carboxylic acids is 1. The van der Waals surface area contributed by atoms with Crippen LogP contribution in [0.4, 0.5) is 5.69 Å². The molecule has 4 rings (SSSR count). The first-order valence-electron chi connectivity index (χ1n) is 9.67. The van der Waals surface area contributed by atoms with Crippen LogP contribution in [0, 0.1) is 0 Å². The topological polar surface area (TPSA) is 84.5 Å².